The summed E-state index contributed by atoms with van der Waals surface area (Å²) < 4.78 is 0. The average molecular weight is 336 g/mol. The second kappa shape index (κ2) is 8.30. The maximum atomic E-state index is 12.7. The molecule has 0 aromatic heterocycles. The number of piperidine rings is 1. The quantitative estimate of drug-likeness (QED) is 0.897. The summed E-state index contributed by atoms with van der Waals surface area (Å²) in [6.07, 6.45) is 2.86. The fourth-order valence-corrected chi connectivity index (χ4v) is 3.51. The van der Waals surface area contributed by atoms with Gasteiger partial charge in [0, 0.05) is 6.42 Å². The third-order valence-corrected chi connectivity index (χ3v) is 5.16. The molecular formula is C22H28N2O. The summed E-state index contributed by atoms with van der Waals surface area (Å²) in [6.45, 7) is 4.27. The molecule has 1 amide bonds. The van der Waals surface area contributed by atoms with Crippen molar-refractivity contribution in [2.24, 2.45) is 5.92 Å². The smallest absolute Gasteiger partial charge is 0.221 e. The maximum absolute atomic E-state index is 12.7. The van der Waals surface area contributed by atoms with Crippen molar-refractivity contribution >= 4 is 5.91 Å². The zero-order chi connectivity index (χ0) is 17.6. The van der Waals surface area contributed by atoms with E-state index >= 15 is 0 Å². The van der Waals surface area contributed by atoms with Gasteiger partial charge in [0.25, 0.3) is 0 Å². The molecule has 0 radical (unpaired) electrons. The van der Waals surface area contributed by atoms with Crippen LogP contribution in [0.4, 0.5) is 0 Å². The Morgan fingerprint density at radius 2 is 1.64 bits per heavy atom. The second-order valence-corrected chi connectivity index (χ2v) is 7.27. The predicted octanol–water partition coefficient (Wildman–Crippen LogP) is 3.93. The van der Waals surface area contributed by atoms with Crippen molar-refractivity contribution < 1.29 is 4.79 Å². The van der Waals surface area contributed by atoms with Crippen molar-refractivity contribution in [1.82, 2.24) is 10.2 Å². The number of nitrogens with one attached hydrogen (secondary N) is 1. The number of carbonyl (C=O) groups excluding carboxylic acids is 1. The highest BCUT2D eigenvalue weighted by Crippen LogP contribution is 2.24. The molecule has 1 saturated heterocycles. The van der Waals surface area contributed by atoms with Crippen LogP contribution in [0.5, 0.6) is 0 Å². The number of nitrogens with zero attached hydrogens (tertiary/aromatic N) is 1. The van der Waals surface area contributed by atoms with Crippen LogP contribution < -0.4 is 5.32 Å². The van der Waals surface area contributed by atoms with Crippen LogP contribution in [0, 0.1) is 12.8 Å². The number of hydrogen-bond acceptors (Lipinski definition) is 2. The summed E-state index contributed by atoms with van der Waals surface area (Å²) in [5, 5.41) is 3.28. The first kappa shape index (κ1) is 17.7. The van der Waals surface area contributed by atoms with Gasteiger partial charge in [-0.25, -0.2) is 0 Å². The van der Waals surface area contributed by atoms with E-state index in [4.69, 9.17) is 0 Å². The monoisotopic (exact) mass is 336 g/mol. The Hall–Kier alpha value is -2.13. The molecule has 1 fully saturated rings. The SMILES string of the molecule is Cc1ccc(C(NC(=O)CC2CCN(C)CC2)c2ccccc2)cc1. The molecule has 1 unspecified atom stereocenters. The van der Waals surface area contributed by atoms with Crippen LogP contribution in [0.3, 0.4) is 0 Å². The largest absolute Gasteiger partial charge is 0.345 e. The molecule has 0 aliphatic carbocycles. The van der Waals surface area contributed by atoms with E-state index in [2.05, 4.69) is 60.6 Å². The van der Waals surface area contributed by atoms with Gasteiger partial charge in [-0.05, 0) is 56.9 Å². The van der Waals surface area contributed by atoms with Crippen molar-refractivity contribution in [2.75, 3.05) is 20.1 Å². The van der Waals surface area contributed by atoms with Crippen molar-refractivity contribution in [3.63, 3.8) is 0 Å². The van der Waals surface area contributed by atoms with Gasteiger partial charge >= 0.3 is 0 Å². The van der Waals surface area contributed by atoms with Gasteiger partial charge in [-0.1, -0.05) is 60.2 Å². The zero-order valence-corrected chi connectivity index (χ0v) is 15.2. The van der Waals surface area contributed by atoms with Gasteiger partial charge in [0.2, 0.25) is 5.91 Å². The van der Waals surface area contributed by atoms with Crippen LogP contribution in [0.1, 0.15) is 42.0 Å². The van der Waals surface area contributed by atoms with Crippen molar-refractivity contribution in [1.29, 1.82) is 0 Å². The minimum absolute atomic E-state index is 0.0828. The summed E-state index contributed by atoms with van der Waals surface area (Å²) in [6, 6.07) is 18.6. The minimum atomic E-state index is -0.0828. The molecule has 1 aliphatic heterocycles. The lowest BCUT2D eigenvalue weighted by Crippen LogP contribution is -2.35. The third-order valence-electron chi connectivity index (χ3n) is 5.16. The van der Waals surface area contributed by atoms with E-state index in [-0.39, 0.29) is 11.9 Å². The van der Waals surface area contributed by atoms with Gasteiger partial charge in [0.05, 0.1) is 6.04 Å². The summed E-state index contributed by atoms with van der Waals surface area (Å²) >= 11 is 0. The number of rotatable bonds is 5. The molecule has 25 heavy (non-hydrogen) atoms. The predicted molar refractivity (Wildman–Crippen MR) is 102 cm³/mol. The molecule has 1 aliphatic rings. The molecule has 3 rings (SSSR count). The van der Waals surface area contributed by atoms with Gasteiger partial charge in [-0.3, -0.25) is 4.79 Å². The number of aryl methyl sites for hydroxylation is 1. The number of benzene rings is 2. The Bertz CT molecular complexity index is 673. The Kier molecular flexibility index (Phi) is 5.87. The maximum Gasteiger partial charge on any atom is 0.221 e. The fourth-order valence-electron chi connectivity index (χ4n) is 3.51. The summed E-state index contributed by atoms with van der Waals surface area (Å²) in [7, 11) is 2.15. The zero-order valence-electron chi connectivity index (χ0n) is 15.2. The van der Waals surface area contributed by atoms with Gasteiger partial charge in [-0.2, -0.15) is 0 Å². The molecule has 0 saturated carbocycles. The first-order valence-electron chi connectivity index (χ1n) is 9.21. The topological polar surface area (TPSA) is 32.3 Å². The fraction of sp³-hybridized carbons (Fsp3) is 0.409. The van der Waals surface area contributed by atoms with E-state index in [9.17, 15) is 4.79 Å². The molecule has 2 aromatic carbocycles. The average Bonchev–Trinajstić information content (AvgIpc) is 2.63. The van der Waals surface area contributed by atoms with Crippen LogP contribution >= 0.6 is 0 Å². The molecular weight excluding hydrogens is 308 g/mol. The van der Waals surface area contributed by atoms with Crippen LogP contribution in [0.25, 0.3) is 0 Å². The number of likely N-dealkylation sites (tertiary alicyclic amines) is 1. The van der Waals surface area contributed by atoms with E-state index < -0.39 is 0 Å². The van der Waals surface area contributed by atoms with Gasteiger partial charge < -0.3 is 10.2 Å². The van der Waals surface area contributed by atoms with Crippen LogP contribution in [-0.4, -0.2) is 30.9 Å². The van der Waals surface area contributed by atoms with E-state index in [0.717, 1.165) is 37.1 Å². The highest BCUT2D eigenvalue weighted by atomic mass is 16.1. The molecule has 0 bridgehead atoms. The lowest BCUT2D eigenvalue weighted by atomic mass is 9.92. The Morgan fingerprint density at radius 1 is 1.04 bits per heavy atom. The molecule has 3 nitrogen and oxygen atoms in total. The summed E-state index contributed by atoms with van der Waals surface area (Å²) in [5.41, 5.74) is 3.49. The summed E-state index contributed by atoms with van der Waals surface area (Å²) in [5.74, 6) is 0.662. The lowest BCUT2D eigenvalue weighted by Gasteiger charge is -2.29. The number of amides is 1. The Labute approximate surface area is 151 Å². The highest BCUT2D eigenvalue weighted by Gasteiger charge is 2.22. The van der Waals surface area contributed by atoms with E-state index in [1.807, 2.05) is 18.2 Å². The van der Waals surface area contributed by atoms with Crippen molar-refractivity contribution in [2.45, 2.75) is 32.2 Å². The number of carbonyl (C=O) groups is 1. The molecule has 1 heterocycles. The second-order valence-electron chi connectivity index (χ2n) is 7.27. The van der Waals surface area contributed by atoms with E-state index in [1.54, 1.807) is 0 Å². The van der Waals surface area contributed by atoms with E-state index in [1.165, 1.54) is 5.56 Å². The third kappa shape index (κ3) is 4.93. The standard InChI is InChI=1S/C22H28N2O/c1-17-8-10-20(11-9-17)22(19-6-4-3-5-7-19)23-21(25)16-18-12-14-24(2)15-13-18/h3-11,18,22H,12-16H2,1-2H3,(H,23,25). The first-order chi connectivity index (χ1) is 12.1. The van der Waals surface area contributed by atoms with Crippen LogP contribution in [-0.2, 0) is 4.79 Å². The minimum Gasteiger partial charge on any atom is -0.345 e. The van der Waals surface area contributed by atoms with E-state index in [0.29, 0.717) is 12.3 Å². The van der Waals surface area contributed by atoms with Crippen molar-refractivity contribution in [3.05, 3.63) is 71.3 Å². The molecule has 1 atom stereocenters. The molecule has 1 N–H and O–H groups in total. The van der Waals surface area contributed by atoms with Gasteiger partial charge in [-0.15, -0.1) is 0 Å². The molecule has 2 aromatic rings. The van der Waals surface area contributed by atoms with Gasteiger partial charge in [0.15, 0.2) is 0 Å². The first-order valence-corrected chi connectivity index (χ1v) is 9.21. The highest BCUT2D eigenvalue weighted by molar-refractivity contribution is 5.77. The van der Waals surface area contributed by atoms with Crippen LogP contribution in [0.15, 0.2) is 54.6 Å². The Morgan fingerprint density at radius 3 is 2.28 bits per heavy atom. The molecule has 0 spiro atoms. The van der Waals surface area contributed by atoms with Crippen molar-refractivity contribution in [3.8, 4) is 0 Å². The molecule has 3 heteroatoms. The lowest BCUT2D eigenvalue weighted by molar-refractivity contribution is -0.122. The number of hydrogen-bond donors (Lipinski definition) is 1. The normalized spacial score (nSPS) is 17.2. The molecule has 132 valence electrons. The summed E-state index contributed by atoms with van der Waals surface area (Å²) in [4.78, 5) is 15.0. The van der Waals surface area contributed by atoms with Gasteiger partial charge in [0.1, 0.15) is 0 Å². The van der Waals surface area contributed by atoms with Crippen LogP contribution in [0.2, 0.25) is 0 Å². The Balaban J connectivity index is 1.71.